The molecule has 46 valence electrons. The number of hydrogen-bond acceptors (Lipinski definition) is 3. The number of nitrogens with one attached hydrogen (secondary N) is 1. The van der Waals surface area contributed by atoms with Crippen LogP contribution in [0.4, 0.5) is 0 Å². The first kappa shape index (κ1) is 8.71. The number of hydrogen-bond donors (Lipinski definition) is 1. The Morgan fingerprint density at radius 2 is 2.38 bits per heavy atom. The molecule has 0 saturated carbocycles. The molecule has 0 fully saturated rings. The van der Waals surface area contributed by atoms with Crippen molar-refractivity contribution in [3.05, 3.63) is 0 Å². The molecule has 2 nitrogen and oxygen atoms in total. The van der Waals surface area contributed by atoms with Gasteiger partial charge in [0, 0.05) is 11.9 Å². The van der Waals surface area contributed by atoms with Crippen LogP contribution in [0.3, 0.4) is 0 Å². The van der Waals surface area contributed by atoms with E-state index in [1.807, 2.05) is 29.5 Å². The van der Waals surface area contributed by atoms with Crippen molar-refractivity contribution in [1.29, 1.82) is 5.41 Å². The van der Waals surface area contributed by atoms with E-state index in [0.29, 0.717) is 0 Å². The maximum atomic E-state index is 6.71. The molecule has 0 aromatic rings. The van der Waals surface area contributed by atoms with Gasteiger partial charge in [-0.2, -0.15) is 0 Å². The van der Waals surface area contributed by atoms with E-state index in [-0.39, 0.29) is 4.50 Å². The molecule has 0 heterocycles. The summed E-state index contributed by atoms with van der Waals surface area (Å²) in [5.41, 5.74) is 0. The molecule has 0 amide bonds. The lowest BCUT2D eigenvalue weighted by atomic mass is 10.9. The zero-order chi connectivity index (χ0) is 6.57. The van der Waals surface area contributed by atoms with Gasteiger partial charge in [-0.3, -0.25) is 5.41 Å². The van der Waals surface area contributed by atoms with Crippen molar-refractivity contribution in [1.82, 2.24) is 0 Å². The van der Waals surface area contributed by atoms with Gasteiger partial charge in [-0.25, -0.2) is 4.40 Å². The van der Waals surface area contributed by atoms with Crippen LogP contribution in [0.2, 0.25) is 0 Å². The third-order valence-corrected chi connectivity index (χ3v) is 1.55. The molecule has 0 rings (SSSR count). The van der Waals surface area contributed by atoms with E-state index in [9.17, 15) is 0 Å². The summed E-state index contributed by atoms with van der Waals surface area (Å²) in [6, 6.07) is 0. The van der Waals surface area contributed by atoms with Crippen molar-refractivity contribution in [2.45, 2.75) is 6.92 Å². The van der Waals surface area contributed by atoms with Gasteiger partial charge in [0.05, 0.1) is 3.72 Å². The summed E-state index contributed by atoms with van der Waals surface area (Å²) < 4.78 is 4.68. The third kappa shape index (κ3) is 6.71. The Hall–Kier alpha value is 0.710. The first-order chi connectivity index (χ1) is 3.63. The quantitative estimate of drug-likeness (QED) is 0.335. The molecule has 0 aliphatic rings. The van der Waals surface area contributed by atoms with E-state index in [2.05, 4.69) is 4.40 Å². The minimum Gasteiger partial charge on any atom is -0.282 e. The fraction of sp³-hybridized carbons (Fsp3) is 0.333. The Morgan fingerprint density at radius 3 is 2.50 bits per heavy atom. The maximum Gasteiger partial charge on any atom is 0.177 e. The summed E-state index contributed by atoms with van der Waals surface area (Å²) in [5.74, 6) is 0. The van der Waals surface area contributed by atoms with Crippen LogP contribution >= 0.6 is 46.1 Å². The zero-order valence-corrected chi connectivity index (χ0v) is 7.84. The SMILES string of the molecule is CC(I)=NSC(=N)Cl. The van der Waals surface area contributed by atoms with Crippen molar-refractivity contribution in [2.75, 3.05) is 0 Å². The van der Waals surface area contributed by atoms with Crippen LogP contribution in [0, 0.1) is 5.41 Å². The Balaban J connectivity index is 3.45. The predicted molar refractivity (Wildman–Crippen MR) is 48.3 cm³/mol. The molecular formula is C3H4ClIN2S. The fourth-order valence-electron chi connectivity index (χ4n) is 0.103. The molecule has 0 aromatic heterocycles. The summed E-state index contributed by atoms with van der Waals surface area (Å²) in [6.07, 6.45) is 0. The molecule has 0 atom stereocenters. The summed E-state index contributed by atoms with van der Waals surface area (Å²) in [4.78, 5) is 0. The predicted octanol–water partition coefficient (Wildman–Crippen LogP) is 2.66. The largest absolute Gasteiger partial charge is 0.282 e. The normalized spacial score (nSPS) is 11.6. The van der Waals surface area contributed by atoms with E-state index in [1.165, 1.54) is 0 Å². The maximum absolute atomic E-state index is 6.71. The Kier molecular flexibility index (Phi) is 4.98. The lowest BCUT2D eigenvalue weighted by molar-refractivity contribution is 1.59. The molecule has 8 heavy (non-hydrogen) atoms. The van der Waals surface area contributed by atoms with Gasteiger partial charge in [-0.1, -0.05) is 11.6 Å². The van der Waals surface area contributed by atoms with Gasteiger partial charge in [0.15, 0.2) is 4.50 Å². The Morgan fingerprint density at radius 1 is 1.88 bits per heavy atom. The number of rotatable bonds is 1. The van der Waals surface area contributed by atoms with Crippen LogP contribution in [0.1, 0.15) is 6.92 Å². The molecule has 0 aliphatic heterocycles. The van der Waals surface area contributed by atoms with Crippen molar-refractivity contribution in [2.24, 2.45) is 4.40 Å². The highest BCUT2D eigenvalue weighted by molar-refractivity contribution is 14.1. The second-order valence-electron chi connectivity index (χ2n) is 0.953. The molecule has 0 spiro atoms. The molecule has 5 heteroatoms. The van der Waals surface area contributed by atoms with Crippen molar-refractivity contribution in [3.63, 3.8) is 0 Å². The van der Waals surface area contributed by atoms with Crippen molar-refractivity contribution < 1.29 is 0 Å². The highest BCUT2D eigenvalue weighted by Crippen LogP contribution is 2.09. The van der Waals surface area contributed by atoms with Crippen molar-refractivity contribution >= 4 is 54.4 Å². The van der Waals surface area contributed by atoms with Gasteiger partial charge >= 0.3 is 0 Å². The minimum atomic E-state index is 0.000941. The molecule has 0 saturated heterocycles. The van der Waals surface area contributed by atoms with Crippen LogP contribution in [-0.4, -0.2) is 8.22 Å². The Bertz CT molecular complexity index is 120. The first-order valence-electron chi connectivity index (χ1n) is 1.74. The van der Waals surface area contributed by atoms with Crippen LogP contribution < -0.4 is 0 Å². The molecule has 0 aliphatic carbocycles. The second kappa shape index (κ2) is 4.58. The van der Waals surface area contributed by atoms with E-state index < -0.39 is 0 Å². The van der Waals surface area contributed by atoms with Gasteiger partial charge in [-0.05, 0) is 29.5 Å². The molecule has 0 radical (unpaired) electrons. The van der Waals surface area contributed by atoms with Crippen LogP contribution in [0.15, 0.2) is 4.40 Å². The van der Waals surface area contributed by atoms with E-state index in [0.717, 1.165) is 15.7 Å². The Labute approximate surface area is 70.9 Å². The molecule has 0 aromatic carbocycles. The summed E-state index contributed by atoms with van der Waals surface area (Å²) in [6.45, 7) is 1.84. The standard InChI is InChI=1S/C3H4ClIN2S/c1-2(5)7-8-3(4)6/h6H,1H3. The van der Waals surface area contributed by atoms with Crippen LogP contribution in [0.5, 0.6) is 0 Å². The smallest absolute Gasteiger partial charge is 0.177 e. The molecular weight excluding hydrogens is 258 g/mol. The number of nitrogens with zero attached hydrogens (tertiary/aromatic N) is 1. The average molecular weight is 263 g/mol. The highest BCUT2D eigenvalue weighted by atomic mass is 127. The monoisotopic (exact) mass is 262 g/mol. The first-order valence-corrected chi connectivity index (χ1v) is 3.97. The topological polar surface area (TPSA) is 36.2 Å². The lowest BCUT2D eigenvalue weighted by Gasteiger charge is -1.83. The lowest BCUT2D eigenvalue weighted by Crippen LogP contribution is -1.72. The van der Waals surface area contributed by atoms with Gasteiger partial charge in [-0.15, -0.1) is 0 Å². The van der Waals surface area contributed by atoms with Gasteiger partial charge < -0.3 is 0 Å². The van der Waals surface area contributed by atoms with Gasteiger partial charge in [0.2, 0.25) is 0 Å². The third-order valence-electron chi connectivity index (χ3n) is 0.252. The van der Waals surface area contributed by atoms with E-state index >= 15 is 0 Å². The summed E-state index contributed by atoms with van der Waals surface area (Å²) >= 11 is 8.18. The fourth-order valence-corrected chi connectivity index (χ4v) is 0.708. The van der Waals surface area contributed by atoms with E-state index in [4.69, 9.17) is 17.0 Å². The summed E-state index contributed by atoms with van der Waals surface area (Å²) in [5, 5.41) is 6.71. The minimum absolute atomic E-state index is 0.000941. The van der Waals surface area contributed by atoms with Crippen molar-refractivity contribution in [3.8, 4) is 0 Å². The molecule has 1 N–H and O–H groups in total. The average Bonchev–Trinajstić information content (AvgIpc) is 1.61. The highest BCUT2D eigenvalue weighted by Gasteiger charge is 1.86. The summed E-state index contributed by atoms with van der Waals surface area (Å²) in [7, 11) is 0. The molecule has 0 unspecified atom stereocenters. The zero-order valence-electron chi connectivity index (χ0n) is 4.11. The van der Waals surface area contributed by atoms with Gasteiger partial charge in [0.25, 0.3) is 0 Å². The van der Waals surface area contributed by atoms with E-state index in [1.54, 1.807) is 0 Å². The van der Waals surface area contributed by atoms with Crippen LogP contribution in [0.25, 0.3) is 0 Å². The molecule has 0 bridgehead atoms. The number of halogens is 2. The second-order valence-corrected chi connectivity index (χ2v) is 3.89. The van der Waals surface area contributed by atoms with Gasteiger partial charge in [0.1, 0.15) is 0 Å². The van der Waals surface area contributed by atoms with Crippen LogP contribution in [-0.2, 0) is 0 Å².